The SMILES string of the molecule is O=S(=O)(C[C@@H]1CCNC1)c1nccs1. The number of aromatic nitrogens is 1. The summed E-state index contributed by atoms with van der Waals surface area (Å²) in [5, 5.41) is 4.85. The van der Waals surface area contributed by atoms with Crippen molar-refractivity contribution in [1.29, 1.82) is 0 Å². The Bertz CT molecular complexity index is 379. The molecule has 1 N–H and O–H groups in total. The molecule has 1 aromatic rings. The van der Waals surface area contributed by atoms with Gasteiger partial charge in [-0.3, -0.25) is 0 Å². The summed E-state index contributed by atoms with van der Waals surface area (Å²) < 4.78 is 23.8. The van der Waals surface area contributed by atoms with Gasteiger partial charge in [-0.25, -0.2) is 13.4 Å². The third kappa shape index (κ3) is 2.13. The highest BCUT2D eigenvalue weighted by molar-refractivity contribution is 7.93. The summed E-state index contributed by atoms with van der Waals surface area (Å²) >= 11 is 1.19. The fraction of sp³-hybridized carbons (Fsp3) is 0.625. The number of hydrogen-bond donors (Lipinski definition) is 1. The lowest BCUT2D eigenvalue weighted by Gasteiger charge is -2.06. The third-order valence-corrected chi connectivity index (χ3v) is 5.46. The van der Waals surface area contributed by atoms with E-state index in [1.807, 2.05) is 0 Å². The smallest absolute Gasteiger partial charge is 0.209 e. The standard InChI is InChI=1S/C8H12N2O2S2/c11-14(12,8-10-3-4-13-8)6-7-1-2-9-5-7/h3-4,7,9H,1-2,5-6H2/t7-/m1/s1. The van der Waals surface area contributed by atoms with Crippen LogP contribution in [0.5, 0.6) is 0 Å². The van der Waals surface area contributed by atoms with E-state index in [1.165, 1.54) is 17.5 Å². The van der Waals surface area contributed by atoms with Gasteiger partial charge in [0.25, 0.3) is 0 Å². The zero-order chi connectivity index (χ0) is 10.0. The Morgan fingerprint density at radius 1 is 1.64 bits per heavy atom. The van der Waals surface area contributed by atoms with Crippen molar-refractivity contribution in [2.24, 2.45) is 5.92 Å². The van der Waals surface area contributed by atoms with Crippen LogP contribution in [0.3, 0.4) is 0 Å². The van der Waals surface area contributed by atoms with Gasteiger partial charge in [-0.15, -0.1) is 11.3 Å². The molecule has 14 heavy (non-hydrogen) atoms. The minimum atomic E-state index is -3.13. The predicted octanol–water partition coefficient (Wildman–Crippen LogP) is 0.526. The number of hydrogen-bond acceptors (Lipinski definition) is 5. The molecule has 1 fully saturated rings. The van der Waals surface area contributed by atoms with Crippen molar-refractivity contribution < 1.29 is 8.42 Å². The van der Waals surface area contributed by atoms with Crippen LogP contribution in [0.4, 0.5) is 0 Å². The largest absolute Gasteiger partial charge is 0.316 e. The fourth-order valence-corrected chi connectivity index (χ4v) is 4.19. The lowest BCUT2D eigenvalue weighted by molar-refractivity contribution is 0.570. The molecule has 0 saturated carbocycles. The van der Waals surface area contributed by atoms with E-state index in [-0.39, 0.29) is 16.0 Å². The van der Waals surface area contributed by atoms with Gasteiger partial charge >= 0.3 is 0 Å². The van der Waals surface area contributed by atoms with E-state index in [0.717, 1.165) is 19.5 Å². The van der Waals surface area contributed by atoms with Crippen LogP contribution in [0.25, 0.3) is 0 Å². The average Bonchev–Trinajstić information content (AvgIpc) is 2.71. The van der Waals surface area contributed by atoms with Gasteiger partial charge < -0.3 is 5.32 Å². The maximum Gasteiger partial charge on any atom is 0.209 e. The molecule has 0 spiro atoms. The van der Waals surface area contributed by atoms with Crippen LogP contribution in [0.2, 0.25) is 0 Å². The molecule has 4 nitrogen and oxygen atoms in total. The van der Waals surface area contributed by atoms with Gasteiger partial charge in [-0.2, -0.15) is 0 Å². The molecule has 1 aliphatic rings. The molecule has 1 atom stereocenters. The first-order chi connectivity index (χ1) is 6.68. The van der Waals surface area contributed by atoms with Gasteiger partial charge in [0.1, 0.15) is 0 Å². The zero-order valence-electron chi connectivity index (χ0n) is 7.64. The Kier molecular flexibility index (Phi) is 2.85. The minimum absolute atomic E-state index is 0.230. The van der Waals surface area contributed by atoms with E-state index >= 15 is 0 Å². The quantitative estimate of drug-likeness (QED) is 0.825. The molecule has 0 unspecified atom stereocenters. The molecule has 1 saturated heterocycles. The second kappa shape index (κ2) is 3.96. The van der Waals surface area contributed by atoms with Gasteiger partial charge in [0.2, 0.25) is 14.2 Å². The molecule has 6 heteroatoms. The normalized spacial score (nSPS) is 22.7. The van der Waals surface area contributed by atoms with Gasteiger partial charge in [-0.1, -0.05) is 0 Å². The van der Waals surface area contributed by atoms with E-state index < -0.39 is 9.84 Å². The molecule has 0 amide bonds. The van der Waals surface area contributed by atoms with E-state index in [9.17, 15) is 8.42 Å². The van der Waals surface area contributed by atoms with Crippen LogP contribution in [0.1, 0.15) is 6.42 Å². The number of rotatable bonds is 3. The van der Waals surface area contributed by atoms with E-state index in [0.29, 0.717) is 0 Å². The molecule has 78 valence electrons. The number of sulfone groups is 1. The second-order valence-corrected chi connectivity index (χ2v) is 6.54. The first-order valence-electron chi connectivity index (χ1n) is 4.51. The Morgan fingerprint density at radius 2 is 2.50 bits per heavy atom. The molecule has 0 bridgehead atoms. The monoisotopic (exact) mass is 232 g/mol. The van der Waals surface area contributed by atoms with Gasteiger partial charge in [0, 0.05) is 11.6 Å². The van der Waals surface area contributed by atoms with Crippen LogP contribution >= 0.6 is 11.3 Å². The molecule has 2 rings (SSSR count). The molecule has 1 aromatic heterocycles. The van der Waals surface area contributed by atoms with Gasteiger partial charge in [0.15, 0.2) is 0 Å². The van der Waals surface area contributed by atoms with E-state index in [1.54, 1.807) is 5.38 Å². The fourth-order valence-electron chi connectivity index (χ4n) is 1.60. The van der Waals surface area contributed by atoms with Crippen molar-refractivity contribution in [3.05, 3.63) is 11.6 Å². The first-order valence-corrected chi connectivity index (χ1v) is 7.04. The third-order valence-electron chi connectivity index (χ3n) is 2.29. The topological polar surface area (TPSA) is 59.1 Å². The highest BCUT2D eigenvalue weighted by Gasteiger charge is 2.25. The highest BCUT2D eigenvalue weighted by atomic mass is 32.2. The van der Waals surface area contributed by atoms with Crippen molar-refractivity contribution in [1.82, 2.24) is 10.3 Å². The van der Waals surface area contributed by atoms with Crippen molar-refractivity contribution in [3.8, 4) is 0 Å². The molecule has 0 aliphatic carbocycles. The number of thiazole rings is 1. The molecule has 2 heterocycles. The lowest BCUT2D eigenvalue weighted by Crippen LogP contribution is -2.18. The summed E-state index contributed by atoms with van der Waals surface area (Å²) in [4.78, 5) is 3.84. The Morgan fingerprint density at radius 3 is 3.07 bits per heavy atom. The Balaban J connectivity index is 2.09. The van der Waals surface area contributed by atoms with Crippen LogP contribution in [0, 0.1) is 5.92 Å². The van der Waals surface area contributed by atoms with Crippen molar-refractivity contribution in [2.45, 2.75) is 10.8 Å². The van der Waals surface area contributed by atoms with Gasteiger partial charge in [-0.05, 0) is 25.4 Å². The van der Waals surface area contributed by atoms with Crippen LogP contribution in [-0.2, 0) is 9.84 Å². The maximum atomic E-state index is 11.8. The summed E-state index contributed by atoms with van der Waals surface area (Å²) in [5.74, 6) is 0.483. The summed E-state index contributed by atoms with van der Waals surface area (Å²) in [6.45, 7) is 1.74. The number of nitrogens with one attached hydrogen (secondary N) is 1. The van der Waals surface area contributed by atoms with Crippen molar-refractivity contribution in [2.75, 3.05) is 18.8 Å². The van der Waals surface area contributed by atoms with Crippen LogP contribution in [0.15, 0.2) is 15.9 Å². The zero-order valence-corrected chi connectivity index (χ0v) is 9.27. The summed E-state index contributed by atoms with van der Waals surface area (Å²) in [6.07, 6.45) is 2.48. The van der Waals surface area contributed by atoms with Crippen molar-refractivity contribution >= 4 is 21.2 Å². The Hall–Kier alpha value is -0.460. The molecule has 1 aliphatic heterocycles. The lowest BCUT2D eigenvalue weighted by atomic mass is 10.2. The minimum Gasteiger partial charge on any atom is -0.316 e. The van der Waals surface area contributed by atoms with E-state index in [4.69, 9.17) is 0 Å². The van der Waals surface area contributed by atoms with Crippen LogP contribution in [-0.4, -0.2) is 32.2 Å². The maximum absolute atomic E-state index is 11.8. The first kappa shape index (κ1) is 10.1. The number of nitrogens with zero attached hydrogens (tertiary/aromatic N) is 1. The molecular weight excluding hydrogens is 220 g/mol. The predicted molar refractivity (Wildman–Crippen MR) is 55.1 cm³/mol. The average molecular weight is 232 g/mol. The summed E-state index contributed by atoms with van der Waals surface area (Å²) in [5.41, 5.74) is 0. The summed E-state index contributed by atoms with van der Waals surface area (Å²) in [6, 6.07) is 0. The van der Waals surface area contributed by atoms with Gasteiger partial charge in [0.05, 0.1) is 5.75 Å². The molecular formula is C8H12N2O2S2. The van der Waals surface area contributed by atoms with Crippen LogP contribution < -0.4 is 5.32 Å². The molecule has 0 radical (unpaired) electrons. The van der Waals surface area contributed by atoms with Crippen molar-refractivity contribution in [3.63, 3.8) is 0 Å². The second-order valence-electron chi connectivity index (χ2n) is 3.44. The highest BCUT2D eigenvalue weighted by Crippen LogP contribution is 2.19. The molecule has 0 aromatic carbocycles. The van der Waals surface area contributed by atoms with E-state index in [2.05, 4.69) is 10.3 Å². The Labute approximate surface area is 87.3 Å². The summed E-state index contributed by atoms with van der Waals surface area (Å²) in [7, 11) is -3.13.